The van der Waals surface area contributed by atoms with E-state index in [4.69, 9.17) is 0 Å². The molecule has 0 nitrogen and oxygen atoms in total. The van der Waals surface area contributed by atoms with E-state index < -0.39 is 0 Å². The maximum Gasteiger partial charge on any atom is 0.123 e. The van der Waals surface area contributed by atoms with Crippen molar-refractivity contribution < 1.29 is 4.39 Å². The molecular formula is C14H20BrF. The Morgan fingerprint density at radius 2 is 2.00 bits per heavy atom. The van der Waals surface area contributed by atoms with Gasteiger partial charge in [-0.1, -0.05) is 35.8 Å². The number of benzene rings is 1. The van der Waals surface area contributed by atoms with Gasteiger partial charge in [-0.25, -0.2) is 4.39 Å². The Kier molecular flexibility index (Phi) is 5.47. The van der Waals surface area contributed by atoms with E-state index in [-0.39, 0.29) is 5.82 Å². The molecule has 0 heterocycles. The zero-order chi connectivity index (χ0) is 12.1. The summed E-state index contributed by atoms with van der Waals surface area (Å²) in [5.41, 5.74) is 2.33. The molecule has 90 valence electrons. The SMILES string of the molecule is Cc1cc(F)ccc1CCCC(Br)C(C)C. The van der Waals surface area contributed by atoms with Crippen molar-refractivity contribution in [3.63, 3.8) is 0 Å². The molecule has 1 rings (SSSR count). The van der Waals surface area contributed by atoms with Crippen LogP contribution in [0, 0.1) is 18.7 Å². The van der Waals surface area contributed by atoms with Gasteiger partial charge in [-0.3, -0.25) is 0 Å². The Bertz CT molecular complexity index is 334. The molecule has 0 spiro atoms. The molecule has 2 heteroatoms. The highest BCUT2D eigenvalue weighted by molar-refractivity contribution is 9.09. The summed E-state index contributed by atoms with van der Waals surface area (Å²) >= 11 is 3.69. The zero-order valence-electron chi connectivity index (χ0n) is 10.3. The molecule has 0 aliphatic carbocycles. The highest BCUT2D eigenvalue weighted by Crippen LogP contribution is 2.20. The van der Waals surface area contributed by atoms with Crippen LogP contribution in [0.1, 0.15) is 37.8 Å². The number of rotatable bonds is 5. The Labute approximate surface area is 106 Å². The molecule has 0 fully saturated rings. The Morgan fingerprint density at radius 1 is 1.31 bits per heavy atom. The van der Waals surface area contributed by atoms with Gasteiger partial charge in [-0.15, -0.1) is 0 Å². The fraction of sp³-hybridized carbons (Fsp3) is 0.571. The van der Waals surface area contributed by atoms with Crippen molar-refractivity contribution in [2.24, 2.45) is 5.92 Å². The van der Waals surface area contributed by atoms with E-state index in [0.717, 1.165) is 18.4 Å². The van der Waals surface area contributed by atoms with Crippen molar-refractivity contribution in [3.05, 3.63) is 35.1 Å². The topological polar surface area (TPSA) is 0 Å². The summed E-state index contributed by atoms with van der Waals surface area (Å²) in [5.74, 6) is 0.538. The summed E-state index contributed by atoms with van der Waals surface area (Å²) in [6.07, 6.45) is 3.37. The summed E-state index contributed by atoms with van der Waals surface area (Å²) in [4.78, 5) is 0.591. The van der Waals surface area contributed by atoms with Gasteiger partial charge in [0, 0.05) is 4.83 Å². The molecular weight excluding hydrogens is 267 g/mol. The van der Waals surface area contributed by atoms with Crippen molar-refractivity contribution >= 4 is 15.9 Å². The first-order chi connectivity index (χ1) is 7.50. The maximum atomic E-state index is 12.9. The van der Waals surface area contributed by atoms with Gasteiger partial charge in [-0.05, 0) is 55.4 Å². The standard InChI is InChI=1S/C14H20BrF/c1-10(2)14(15)6-4-5-12-7-8-13(16)9-11(12)3/h7-10,14H,4-6H2,1-3H3. The predicted molar refractivity (Wildman–Crippen MR) is 71.6 cm³/mol. The van der Waals surface area contributed by atoms with Crippen LogP contribution in [0.3, 0.4) is 0 Å². The van der Waals surface area contributed by atoms with E-state index in [0.29, 0.717) is 10.7 Å². The van der Waals surface area contributed by atoms with Crippen molar-refractivity contribution in [2.75, 3.05) is 0 Å². The molecule has 1 aromatic carbocycles. The van der Waals surface area contributed by atoms with Gasteiger partial charge in [0.15, 0.2) is 0 Å². The highest BCUT2D eigenvalue weighted by Gasteiger charge is 2.08. The first kappa shape index (κ1) is 13.7. The van der Waals surface area contributed by atoms with E-state index in [1.807, 2.05) is 13.0 Å². The minimum atomic E-state index is -0.137. The molecule has 16 heavy (non-hydrogen) atoms. The normalized spacial score (nSPS) is 13.1. The van der Waals surface area contributed by atoms with Crippen LogP contribution in [0.25, 0.3) is 0 Å². The molecule has 0 amide bonds. The predicted octanol–water partition coefficient (Wildman–Crippen LogP) is 4.88. The van der Waals surface area contributed by atoms with E-state index in [2.05, 4.69) is 29.8 Å². The van der Waals surface area contributed by atoms with Gasteiger partial charge >= 0.3 is 0 Å². The Hall–Kier alpha value is -0.370. The van der Waals surface area contributed by atoms with Gasteiger partial charge < -0.3 is 0 Å². The second-order valence-corrected chi connectivity index (χ2v) is 5.90. The quantitative estimate of drug-likeness (QED) is 0.677. The van der Waals surface area contributed by atoms with E-state index in [1.54, 1.807) is 12.1 Å². The van der Waals surface area contributed by atoms with Crippen LogP contribution in [0.2, 0.25) is 0 Å². The van der Waals surface area contributed by atoms with E-state index in [9.17, 15) is 4.39 Å². The average Bonchev–Trinajstić information content (AvgIpc) is 2.20. The largest absolute Gasteiger partial charge is 0.207 e. The third-order valence-electron chi connectivity index (χ3n) is 2.95. The molecule has 1 atom stereocenters. The molecule has 0 saturated heterocycles. The van der Waals surface area contributed by atoms with Crippen LogP contribution in [-0.2, 0) is 6.42 Å². The minimum absolute atomic E-state index is 0.137. The lowest BCUT2D eigenvalue weighted by molar-refractivity contribution is 0.562. The number of hydrogen-bond acceptors (Lipinski definition) is 0. The monoisotopic (exact) mass is 286 g/mol. The molecule has 0 radical (unpaired) electrons. The van der Waals surface area contributed by atoms with Crippen molar-refractivity contribution in [2.45, 2.75) is 44.9 Å². The van der Waals surface area contributed by atoms with Crippen LogP contribution in [-0.4, -0.2) is 4.83 Å². The number of alkyl halides is 1. The van der Waals surface area contributed by atoms with Gasteiger partial charge in [-0.2, -0.15) is 0 Å². The summed E-state index contributed by atoms with van der Waals surface area (Å²) < 4.78 is 12.9. The fourth-order valence-corrected chi connectivity index (χ4v) is 2.08. The highest BCUT2D eigenvalue weighted by atomic mass is 79.9. The third-order valence-corrected chi connectivity index (χ3v) is 4.47. The molecule has 0 aliphatic heterocycles. The number of hydrogen-bond donors (Lipinski definition) is 0. The van der Waals surface area contributed by atoms with E-state index >= 15 is 0 Å². The fourth-order valence-electron chi connectivity index (χ4n) is 1.76. The van der Waals surface area contributed by atoms with Crippen molar-refractivity contribution in [1.29, 1.82) is 0 Å². The lowest BCUT2D eigenvalue weighted by atomic mass is 9.99. The average molecular weight is 287 g/mol. The zero-order valence-corrected chi connectivity index (χ0v) is 11.8. The smallest absolute Gasteiger partial charge is 0.123 e. The van der Waals surface area contributed by atoms with Crippen LogP contribution in [0.15, 0.2) is 18.2 Å². The van der Waals surface area contributed by atoms with Crippen LogP contribution in [0.4, 0.5) is 4.39 Å². The lowest BCUT2D eigenvalue weighted by Crippen LogP contribution is -2.07. The first-order valence-electron chi connectivity index (χ1n) is 5.90. The molecule has 0 aromatic heterocycles. The summed E-state index contributed by atoms with van der Waals surface area (Å²) in [6.45, 7) is 6.43. The molecule has 1 unspecified atom stereocenters. The lowest BCUT2D eigenvalue weighted by Gasteiger charge is -2.13. The van der Waals surface area contributed by atoms with Gasteiger partial charge in [0.2, 0.25) is 0 Å². The summed E-state index contributed by atoms with van der Waals surface area (Å²) in [7, 11) is 0. The maximum absolute atomic E-state index is 12.9. The molecule has 1 aromatic rings. The molecule has 0 bridgehead atoms. The van der Waals surface area contributed by atoms with Crippen LogP contribution < -0.4 is 0 Å². The van der Waals surface area contributed by atoms with Gasteiger partial charge in [0.1, 0.15) is 5.82 Å². The van der Waals surface area contributed by atoms with Crippen molar-refractivity contribution in [3.8, 4) is 0 Å². The molecule has 0 aliphatic rings. The second-order valence-electron chi connectivity index (χ2n) is 4.72. The van der Waals surface area contributed by atoms with Crippen LogP contribution >= 0.6 is 15.9 Å². The Balaban J connectivity index is 2.43. The van der Waals surface area contributed by atoms with E-state index in [1.165, 1.54) is 12.0 Å². The molecule has 0 saturated carbocycles. The van der Waals surface area contributed by atoms with Gasteiger partial charge in [0.05, 0.1) is 0 Å². The molecule has 0 N–H and O–H groups in total. The van der Waals surface area contributed by atoms with Crippen molar-refractivity contribution in [1.82, 2.24) is 0 Å². The first-order valence-corrected chi connectivity index (χ1v) is 6.81. The van der Waals surface area contributed by atoms with Gasteiger partial charge in [0.25, 0.3) is 0 Å². The second kappa shape index (κ2) is 6.39. The number of halogens is 2. The summed E-state index contributed by atoms with van der Waals surface area (Å²) in [6, 6.07) is 5.07. The van der Waals surface area contributed by atoms with Crippen LogP contribution in [0.5, 0.6) is 0 Å². The summed E-state index contributed by atoms with van der Waals surface area (Å²) in [5, 5.41) is 0. The third kappa shape index (κ3) is 4.25. The Morgan fingerprint density at radius 3 is 2.56 bits per heavy atom. The number of aryl methyl sites for hydroxylation is 2. The minimum Gasteiger partial charge on any atom is -0.207 e.